The number of carbonyl (C=O) groups is 1. The Morgan fingerprint density at radius 3 is 2.18 bits per heavy atom. The zero-order chi connectivity index (χ0) is 12.3. The minimum atomic E-state index is -0.495. The lowest BCUT2D eigenvalue weighted by atomic mass is 9.91. The molecule has 2 N–H and O–H groups in total. The van der Waals surface area contributed by atoms with Crippen molar-refractivity contribution in [2.24, 2.45) is 5.73 Å². The van der Waals surface area contributed by atoms with E-state index >= 15 is 0 Å². The van der Waals surface area contributed by atoms with Crippen molar-refractivity contribution in [3.8, 4) is 0 Å². The average molecular weight is 246 g/mol. The molecular formula is C14H12ClNO. The molecular weight excluding hydrogens is 234 g/mol. The number of carbonyl (C=O) groups excluding carboxylic acids is 1. The Bertz CT molecular complexity index is 525. The van der Waals surface area contributed by atoms with Crippen LogP contribution in [-0.4, -0.2) is 5.91 Å². The fourth-order valence-corrected chi connectivity index (χ4v) is 2.10. The lowest BCUT2D eigenvalue weighted by Gasteiger charge is -2.15. The first-order chi connectivity index (χ1) is 8.20. The van der Waals surface area contributed by atoms with Crippen LogP contribution >= 0.6 is 11.6 Å². The van der Waals surface area contributed by atoms with Crippen molar-refractivity contribution in [2.75, 3.05) is 0 Å². The number of amides is 1. The van der Waals surface area contributed by atoms with E-state index in [-0.39, 0.29) is 0 Å². The second kappa shape index (κ2) is 5.02. The molecule has 2 nitrogen and oxygen atoms in total. The Labute approximate surface area is 105 Å². The Hall–Kier alpha value is -1.80. The lowest BCUT2D eigenvalue weighted by molar-refractivity contribution is -0.118. The normalized spacial score (nSPS) is 12.1. The number of benzene rings is 2. The second-order valence-corrected chi connectivity index (χ2v) is 4.17. The van der Waals surface area contributed by atoms with Crippen molar-refractivity contribution in [3.05, 3.63) is 70.7 Å². The van der Waals surface area contributed by atoms with Gasteiger partial charge in [0.05, 0.1) is 5.92 Å². The molecule has 2 aromatic carbocycles. The van der Waals surface area contributed by atoms with Crippen molar-refractivity contribution in [1.82, 2.24) is 0 Å². The van der Waals surface area contributed by atoms with E-state index < -0.39 is 11.8 Å². The van der Waals surface area contributed by atoms with Gasteiger partial charge in [-0.15, -0.1) is 0 Å². The summed E-state index contributed by atoms with van der Waals surface area (Å²) in [6.45, 7) is 0. The van der Waals surface area contributed by atoms with Gasteiger partial charge in [0.25, 0.3) is 0 Å². The SMILES string of the molecule is NC(=O)C(c1ccccc1)c1ccccc1Cl. The maximum absolute atomic E-state index is 11.6. The molecule has 2 aromatic rings. The van der Waals surface area contributed by atoms with E-state index in [0.717, 1.165) is 11.1 Å². The quantitative estimate of drug-likeness (QED) is 0.888. The largest absolute Gasteiger partial charge is 0.369 e. The van der Waals surface area contributed by atoms with Crippen LogP contribution < -0.4 is 5.73 Å². The summed E-state index contributed by atoms with van der Waals surface area (Å²) in [5.41, 5.74) is 7.07. The van der Waals surface area contributed by atoms with Gasteiger partial charge in [-0.2, -0.15) is 0 Å². The molecule has 0 bridgehead atoms. The van der Waals surface area contributed by atoms with Crippen molar-refractivity contribution in [2.45, 2.75) is 5.92 Å². The number of hydrogen-bond donors (Lipinski definition) is 1. The highest BCUT2D eigenvalue weighted by molar-refractivity contribution is 6.31. The molecule has 0 radical (unpaired) electrons. The van der Waals surface area contributed by atoms with Gasteiger partial charge in [-0.05, 0) is 17.2 Å². The van der Waals surface area contributed by atoms with Gasteiger partial charge >= 0.3 is 0 Å². The number of rotatable bonds is 3. The van der Waals surface area contributed by atoms with Gasteiger partial charge in [0, 0.05) is 5.02 Å². The first-order valence-electron chi connectivity index (χ1n) is 5.29. The highest BCUT2D eigenvalue weighted by atomic mass is 35.5. The van der Waals surface area contributed by atoms with Gasteiger partial charge in [0.2, 0.25) is 5.91 Å². The molecule has 0 aliphatic rings. The zero-order valence-electron chi connectivity index (χ0n) is 9.14. The van der Waals surface area contributed by atoms with Crippen molar-refractivity contribution < 1.29 is 4.79 Å². The van der Waals surface area contributed by atoms with Gasteiger partial charge < -0.3 is 5.73 Å². The Morgan fingerprint density at radius 1 is 1.00 bits per heavy atom. The molecule has 1 atom stereocenters. The van der Waals surface area contributed by atoms with Gasteiger partial charge in [0.15, 0.2) is 0 Å². The zero-order valence-corrected chi connectivity index (χ0v) is 9.89. The third-order valence-electron chi connectivity index (χ3n) is 2.63. The fourth-order valence-electron chi connectivity index (χ4n) is 1.85. The molecule has 86 valence electrons. The van der Waals surface area contributed by atoms with Gasteiger partial charge in [0.1, 0.15) is 0 Å². The third-order valence-corrected chi connectivity index (χ3v) is 2.98. The molecule has 0 aromatic heterocycles. The van der Waals surface area contributed by atoms with Crippen LogP contribution in [0, 0.1) is 0 Å². The monoisotopic (exact) mass is 245 g/mol. The summed E-state index contributed by atoms with van der Waals surface area (Å²) in [6.07, 6.45) is 0. The maximum Gasteiger partial charge on any atom is 0.229 e. The predicted octanol–water partition coefficient (Wildman–Crippen LogP) is 2.96. The van der Waals surface area contributed by atoms with Crippen LogP contribution in [0.5, 0.6) is 0 Å². The minimum absolute atomic E-state index is 0.399. The molecule has 0 heterocycles. The molecule has 17 heavy (non-hydrogen) atoms. The summed E-state index contributed by atoms with van der Waals surface area (Å²) >= 11 is 6.11. The summed E-state index contributed by atoms with van der Waals surface area (Å²) in [4.78, 5) is 11.6. The summed E-state index contributed by atoms with van der Waals surface area (Å²) in [5, 5.41) is 0.556. The van der Waals surface area contributed by atoms with Crippen molar-refractivity contribution in [1.29, 1.82) is 0 Å². The van der Waals surface area contributed by atoms with E-state index in [1.807, 2.05) is 48.5 Å². The van der Waals surface area contributed by atoms with Crippen LogP contribution in [0.1, 0.15) is 17.0 Å². The van der Waals surface area contributed by atoms with E-state index in [4.69, 9.17) is 17.3 Å². The number of halogens is 1. The van der Waals surface area contributed by atoms with Crippen LogP contribution in [0.4, 0.5) is 0 Å². The Morgan fingerprint density at radius 2 is 1.59 bits per heavy atom. The molecule has 0 spiro atoms. The van der Waals surface area contributed by atoms with Crippen molar-refractivity contribution >= 4 is 17.5 Å². The van der Waals surface area contributed by atoms with E-state index in [0.29, 0.717) is 5.02 Å². The highest BCUT2D eigenvalue weighted by Crippen LogP contribution is 2.29. The summed E-state index contributed by atoms with van der Waals surface area (Å²) in [6, 6.07) is 16.7. The first kappa shape index (κ1) is 11.7. The molecule has 1 amide bonds. The molecule has 3 heteroatoms. The van der Waals surface area contributed by atoms with E-state index in [9.17, 15) is 4.79 Å². The fraction of sp³-hybridized carbons (Fsp3) is 0.0714. The van der Waals surface area contributed by atoms with Gasteiger partial charge in [-0.1, -0.05) is 60.1 Å². The second-order valence-electron chi connectivity index (χ2n) is 3.77. The number of hydrogen-bond acceptors (Lipinski definition) is 1. The molecule has 0 aliphatic carbocycles. The average Bonchev–Trinajstić information content (AvgIpc) is 2.33. The standard InChI is InChI=1S/C14H12ClNO/c15-12-9-5-4-8-11(12)13(14(16)17)10-6-2-1-3-7-10/h1-9,13H,(H2,16,17). The number of primary amides is 1. The van der Waals surface area contributed by atoms with Crippen LogP contribution in [-0.2, 0) is 4.79 Å². The summed E-state index contributed by atoms with van der Waals surface area (Å²) in [5.74, 6) is -0.894. The molecule has 0 aliphatic heterocycles. The first-order valence-corrected chi connectivity index (χ1v) is 5.66. The topological polar surface area (TPSA) is 43.1 Å². The van der Waals surface area contributed by atoms with E-state index in [2.05, 4.69) is 0 Å². The van der Waals surface area contributed by atoms with E-state index in [1.54, 1.807) is 6.07 Å². The molecule has 0 fully saturated rings. The minimum Gasteiger partial charge on any atom is -0.369 e. The third kappa shape index (κ3) is 2.48. The molecule has 1 unspecified atom stereocenters. The summed E-state index contributed by atoms with van der Waals surface area (Å²) in [7, 11) is 0. The van der Waals surface area contributed by atoms with E-state index in [1.165, 1.54) is 0 Å². The van der Waals surface area contributed by atoms with Crippen LogP contribution in [0.25, 0.3) is 0 Å². The summed E-state index contributed by atoms with van der Waals surface area (Å²) < 4.78 is 0. The van der Waals surface area contributed by atoms with Crippen LogP contribution in [0.15, 0.2) is 54.6 Å². The van der Waals surface area contributed by atoms with Crippen LogP contribution in [0.2, 0.25) is 5.02 Å². The molecule has 0 saturated carbocycles. The maximum atomic E-state index is 11.6. The molecule has 2 rings (SSSR count). The highest BCUT2D eigenvalue weighted by Gasteiger charge is 2.21. The van der Waals surface area contributed by atoms with Gasteiger partial charge in [-0.25, -0.2) is 0 Å². The smallest absolute Gasteiger partial charge is 0.229 e. The molecule has 0 saturated heterocycles. The lowest BCUT2D eigenvalue weighted by Crippen LogP contribution is -2.22. The van der Waals surface area contributed by atoms with Crippen molar-refractivity contribution in [3.63, 3.8) is 0 Å². The Balaban J connectivity index is 2.51. The van der Waals surface area contributed by atoms with Crippen LogP contribution in [0.3, 0.4) is 0 Å². The Kier molecular flexibility index (Phi) is 3.45. The number of nitrogens with two attached hydrogens (primary N) is 1. The predicted molar refractivity (Wildman–Crippen MR) is 68.9 cm³/mol. The van der Waals surface area contributed by atoms with Gasteiger partial charge in [-0.3, -0.25) is 4.79 Å².